The molecule has 0 saturated carbocycles. The SMILES string of the molecule is Nc1ncc(Cl)cc1C1CCOC2(CCOC2)C1. The average molecular weight is 269 g/mol. The molecule has 2 aliphatic heterocycles. The second-order valence-corrected chi connectivity index (χ2v) is 5.59. The summed E-state index contributed by atoms with van der Waals surface area (Å²) in [5, 5.41) is 0.641. The largest absolute Gasteiger partial charge is 0.383 e. The molecule has 1 aromatic heterocycles. The van der Waals surface area contributed by atoms with Crippen molar-refractivity contribution in [3.05, 3.63) is 22.8 Å². The Morgan fingerprint density at radius 1 is 1.44 bits per heavy atom. The maximum Gasteiger partial charge on any atom is 0.126 e. The van der Waals surface area contributed by atoms with Gasteiger partial charge in [-0.3, -0.25) is 0 Å². The molecule has 2 N–H and O–H groups in total. The Morgan fingerprint density at radius 3 is 3.11 bits per heavy atom. The van der Waals surface area contributed by atoms with Crippen molar-refractivity contribution < 1.29 is 9.47 Å². The molecule has 1 aromatic rings. The number of anilines is 1. The zero-order chi connectivity index (χ0) is 12.6. The number of aromatic nitrogens is 1. The third kappa shape index (κ3) is 2.20. The van der Waals surface area contributed by atoms with Gasteiger partial charge in [0.25, 0.3) is 0 Å². The monoisotopic (exact) mass is 268 g/mol. The van der Waals surface area contributed by atoms with Gasteiger partial charge < -0.3 is 15.2 Å². The molecule has 0 bridgehead atoms. The number of hydrogen-bond acceptors (Lipinski definition) is 4. The van der Waals surface area contributed by atoms with Gasteiger partial charge in [0.05, 0.1) is 17.2 Å². The van der Waals surface area contributed by atoms with E-state index in [9.17, 15) is 0 Å². The van der Waals surface area contributed by atoms with Crippen molar-refractivity contribution in [2.45, 2.75) is 30.8 Å². The zero-order valence-corrected chi connectivity index (χ0v) is 10.9. The first-order chi connectivity index (χ1) is 8.69. The number of halogens is 1. The van der Waals surface area contributed by atoms with E-state index in [1.807, 2.05) is 6.07 Å². The van der Waals surface area contributed by atoms with E-state index in [0.29, 0.717) is 23.4 Å². The van der Waals surface area contributed by atoms with Gasteiger partial charge in [-0.15, -0.1) is 0 Å². The number of pyridine rings is 1. The first kappa shape index (κ1) is 12.2. The van der Waals surface area contributed by atoms with Crippen LogP contribution in [0.4, 0.5) is 5.82 Å². The molecule has 0 aromatic carbocycles. The minimum absolute atomic E-state index is 0.113. The third-order valence-corrected chi connectivity index (χ3v) is 4.12. The molecule has 1 spiro atoms. The topological polar surface area (TPSA) is 57.4 Å². The van der Waals surface area contributed by atoms with Gasteiger partial charge in [0.15, 0.2) is 0 Å². The molecule has 5 heteroatoms. The maximum atomic E-state index is 6.01. The number of ether oxygens (including phenoxy) is 2. The lowest BCUT2D eigenvalue weighted by molar-refractivity contribution is -0.0863. The van der Waals surface area contributed by atoms with E-state index < -0.39 is 0 Å². The minimum atomic E-state index is -0.113. The van der Waals surface area contributed by atoms with E-state index in [4.69, 9.17) is 26.8 Å². The Balaban J connectivity index is 1.85. The average Bonchev–Trinajstić information content (AvgIpc) is 2.80. The molecule has 2 saturated heterocycles. The van der Waals surface area contributed by atoms with Crippen LogP contribution >= 0.6 is 11.6 Å². The van der Waals surface area contributed by atoms with Crippen LogP contribution in [0.25, 0.3) is 0 Å². The van der Waals surface area contributed by atoms with Gasteiger partial charge >= 0.3 is 0 Å². The molecule has 98 valence electrons. The molecule has 2 atom stereocenters. The summed E-state index contributed by atoms with van der Waals surface area (Å²) < 4.78 is 11.4. The predicted molar refractivity (Wildman–Crippen MR) is 69.8 cm³/mol. The number of nitrogens with zero attached hydrogens (tertiary/aromatic N) is 1. The fourth-order valence-corrected chi connectivity index (χ4v) is 3.12. The lowest BCUT2D eigenvalue weighted by Crippen LogP contribution is -2.39. The van der Waals surface area contributed by atoms with Gasteiger partial charge in [-0.25, -0.2) is 4.98 Å². The molecule has 4 nitrogen and oxygen atoms in total. The zero-order valence-electron chi connectivity index (χ0n) is 10.2. The number of rotatable bonds is 1. The van der Waals surface area contributed by atoms with E-state index in [-0.39, 0.29) is 5.60 Å². The summed E-state index contributed by atoms with van der Waals surface area (Å²) >= 11 is 6.01. The fraction of sp³-hybridized carbons (Fsp3) is 0.615. The van der Waals surface area contributed by atoms with Crippen molar-refractivity contribution in [2.75, 3.05) is 25.6 Å². The minimum Gasteiger partial charge on any atom is -0.383 e. The molecule has 2 aliphatic rings. The summed E-state index contributed by atoms with van der Waals surface area (Å²) in [6.07, 6.45) is 4.47. The van der Waals surface area contributed by atoms with Crippen molar-refractivity contribution >= 4 is 17.4 Å². The summed E-state index contributed by atoms with van der Waals surface area (Å²) in [7, 11) is 0. The highest BCUT2D eigenvalue weighted by Crippen LogP contribution is 2.41. The highest BCUT2D eigenvalue weighted by molar-refractivity contribution is 6.30. The molecule has 0 radical (unpaired) electrons. The normalized spacial score (nSPS) is 31.9. The molecule has 0 amide bonds. The Labute approximate surface area is 111 Å². The van der Waals surface area contributed by atoms with E-state index in [0.717, 1.165) is 38.0 Å². The van der Waals surface area contributed by atoms with Crippen LogP contribution in [0.2, 0.25) is 5.02 Å². The van der Waals surface area contributed by atoms with Crippen LogP contribution in [0, 0.1) is 0 Å². The molecular weight excluding hydrogens is 252 g/mol. The van der Waals surface area contributed by atoms with Crippen molar-refractivity contribution in [1.29, 1.82) is 0 Å². The van der Waals surface area contributed by atoms with Crippen LogP contribution in [-0.4, -0.2) is 30.4 Å². The first-order valence-electron chi connectivity index (χ1n) is 6.31. The van der Waals surface area contributed by atoms with Crippen LogP contribution in [0.5, 0.6) is 0 Å². The van der Waals surface area contributed by atoms with Crippen molar-refractivity contribution in [3.8, 4) is 0 Å². The molecule has 0 aliphatic carbocycles. The summed E-state index contributed by atoms with van der Waals surface area (Å²) in [5.74, 6) is 0.951. The van der Waals surface area contributed by atoms with Crippen LogP contribution in [-0.2, 0) is 9.47 Å². The summed E-state index contributed by atoms with van der Waals surface area (Å²) in [6, 6.07) is 1.93. The molecule has 3 heterocycles. The van der Waals surface area contributed by atoms with Crippen molar-refractivity contribution in [1.82, 2.24) is 4.98 Å². The summed E-state index contributed by atoms with van der Waals surface area (Å²) in [5.41, 5.74) is 6.90. The molecule has 2 fully saturated rings. The molecule has 2 unspecified atom stereocenters. The van der Waals surface area contributed by atoms with Gasteiger partial charge in [-0.05, 0) is 30.4 Å². The Kier molecular flexibility index (Phi) is 3.18. The van der Waals surface area contributed by atoms with E-state index in [1.54, 1.807) is 6.20 Å². The lowest BCUT2D eigenvalue weighted by atomic mass is 9.81. The Bertz CT molecular complexity index is 447. The maximum absolute atomic E-state index is 6.01. The second-order valence-electron chi connectivity index (χ2n) is 5.15. The standard InChI is InChI=1S/C13H17ClN2O2/c14-10-5-11(12(15)16-7-10)9-1-3-18-13(6-9)2-4-17-8-13/h5,7,9H,1-4,6,8H2,(H2,15,16). The number of hydrogen-bond donors (Lipinski definition) is 1. The van der Waals surface area contributed by atoms with Crippen LogP contribution in [0.3, 0.4) is 0 Å². The van der Waals surface area contributed by atoms with E-state index >= 15 is 0 Å². The summed E-state index contributed by atoms with van der Waals surface area (Å²) in [4.78, 5) is 4.14. The highest BCUT2D eigenvalue weighted by atomic mass is 35.5. The fourth-order valence-electron chi connectivity index (χ4n) is 2.95. The summed E-state index contributed by atoms with van der Waals surface area (Å²) in [6.45, 7) is 2.23. The van der Waals surface area contributed by atoms with Gasteiger partial charge in [0.2, 0.25) is 0 Å². The quantitative estimate of drug-likeness (QED) is 0.850. The second kappa shape index (κ2) is 4.68. The molecule has 18 heavy (non-hydrogen) atoms. The number of nitrogens with two attached hydrogens (primary N) is 1. The van der Waals surface area contributed by atoms with Crippen LogP contribution in [0.1, 0.15) is 30.7 Å². The van der Waals surface area contributed by atoms with Crippen molar-refractivity contribution in [2.24, 2.45) is 0 Å². The Hall–Kier alpha value is -0.840. The highest BCUT2D eigenvalue weighted by Gasteiger charge is 2.41. The first-order valence-corrected chi connectivity index (χ1v) is 6.69. The predicted octanol–water partition coefficient (Wildman–Crippen LogP) is 2.37. The van der Waals surface area contributed by atoms with Gasteiger partial charge in [-0.2, -0.15) is 0 Å². The third-order valence-electron chi connectivity index (χ3n) is 3.92. The number of nitrogen functional groups attached to an aromatic ring is 1. The smallest absolute Gasteiger partial charge is 0.126 e. The van der Waals surface area contributed by atoms with E-state index in [2.05, 4.69) is 4.98 Å². The van der Waals surface area contributed by atoms with Gasteiger partial charge in [-0.1, -0.05) is 11.6 Å². The van der Waals surface area contributed by atoms with Gasteiger partial charge in [0, 0.05) is 25.8 Å². The lowest BCUT2D eigenvalue weighted by Gasteiger charge is -2.37. The van der Waals surface area contributed by atoms with E-state index in [1.165, 1.54) is 0 Å². The van der Waals surface area contributed by atoms with Crippen molar-refractivity contribution in [3.63, 3.8) is 0 Å². The molecule has 3 rings (SSSR count). The van der Waals surface area contributed by atoms with Gasteiger partial charge in [0.1, 0.15) is 5.82 Å². The van der Waals surface area contributed by atoms with Crippen LogP contribution in [0.15, 0.2) is 12.3 Å². The Morgan fingerprint density at radius 2 is 2.33 bits per heavy atom. The molecular formula is C13H17ClN2O2. The van der Waals surface area contributed by atoms with Crippen LogP contribution < -0.4 is 5.73 Å².